The lowest BCUT2D eigenvalue weighted by atomic mass is 10.1. The number of primary amides is 1. The number of benzene rings is 1. The van der Waals surface area contributed by atoms with E-state index in [1.807, 2.05) is 0 Å². The molecule has 0 aliphatic rings. The van der Waals surface area contributed by atoms with Crippen molar-refractivity contribution in [3.8, 4) is 0 Å². The third-order valence-electron chi connectivity index (χ3n) is 1.83. The summed E-state index contributed by atoms with van der Waals surface area (Å²) in [6.45, 7) is 0. The van der Waals surface area contributed by atoms with Crippen molar-refractivity contribution in [2.24, 2.45) is 5.73 Å². The van der Waals surface area contributed by atoms with Crippen LogP contribution in [-0.4, -0.2) is 5.91 Å². The molecule has 0 saturated heterocycles. The van der Waals surface area contributed by atoms with E-state index in [1.165, 1.54) is 6.07 Å². The van der Waals surface area contributed by atoms with Gasteiger partial charge in [-0.25, -0.2) is 4.39 Å². The zero-order chi connectivity index (χ0) is 9.68. The first-order valence-electron chi connectivity index (χ1n) is 4.22. The van der Waals surface area contributed by atoms with Crippen LogP contribution >= 0.6 is 0 Å². The maximum absolute atomic E-state index is 13.0. The van der Waals surface area contributed by atoms with Crippen LogP contribution in [0.4, 0.5) is 4.39 Å². The van der Waals surface area contributed by atoms with Crippen molar-refractivity contribution in [1.82, 2.24) is 0 Å². The van der Waals surface area contributed by atoms with Crippen LogP contribution in [0, 0.1) is 5.82 Å². The molecule has 0 heterocycles. The Kier molecular flexibility index (Phi) is 3.43. The number of aryl methyl sites for hydroxylation is 1. The first kappa shape index (κ1) is 9.71. The monoisotopic (exact) mass is 181 g/mol. The molecule has 0 fully saturated rings. The SMILES string of the molecule is NC(=O)CCCc1ccccc1F. The molecule has 3 heteroatoms. The number of nitrogens with two attached hydrogens (primary N) is 1. The van der Waals surface area contributed by atoms with Gasteiger partial charge in [0.1, 0.15) is 5.82 Å². The Morgan fingerprint density at radius 2 is 2.08 bits per heavy atom. The van der Waals surface area contributed by atoms with E-state index in [0.717, 1.165) is 0 Å². The molecule has 13 heavy (non-hydrogen) atoms. The van der Waals surface area contributed by atoms with Gasteiger partial charge >= 0.3 is 0 Å². The number of carbonyl (C=O) groups is 1. The molecule has 1 rings (SSSR count). The van der Waals surface area contributed by atoms with Gasteiger partial charge in [0.2, 0.25) is 5.91 Å². The third kappa shape index (κ3) is 3.23. The molecule has 0 spiro atoms. The third-order valence-corrected chi connectivity index (χ3v) is 1.83. The standard InChI is InChI=1S/C10H12FNO/c11-9-6-2-1-4-8(9)5-3-7-10(12)13/h1-2,4,6H,3,5,7H2,(H2,12,13). The molecule has 0 radical (unpaired) electrons. The molecule has 1 amide bonds. The summed E-state index contributed by atoms with van der Waals surface area (Å²) >= 11 is 0. The molecule has 0 bridgehead atoms. The maximum Gasteiger partial charge on any atom is 0.217 e. The minimum atomic E-state index is -0.337. The summed E-state index contributed by atoms with van der Waals surface area (Å²) in [5.41, 5.74) is 5.60. The average molecular weight is 181 g/mol. The van der Waals surface area contributed by atoms with Crippen LogP contribution in [0.2, 0.25) is 0 Å². The zero-order valence-corrected chi connectivity index (χ0v) is 7.29. The Morgan fingerprint density at radius 3 is 2.69 bits per heavy atom. The Labute approximate surface area is 76.6 Å². The van der Waals surface area contributed by atoms with E-state index < -0.39 is 0 Å². The predicted octanol–water partition coefficient (Wildman–Crippen LogP) is 1.63. The van der Waals surface area contributed by atoms with Gasteiger partial charge in [-0.3, -0.25) is 4.79 Å². The Bertz CT molecular complexity index is 299. The highest BCUT2D eigenvalue weighted by Crippen LogP contribution is 2.09. The molecule has 1 aromatic carbocycles. The summed E-state index contributed by atoms with van der Waals surface area (Å²) in [5, 5.41) is 0. The number of hydrogen-bond donors (Lipinski definition) is 1. The smallest absolute Gasteiger partial charge is 0.217 e. The van der Waals surface area contributed by atoms with Crippen molar-refractivity contribution >= 4 is 5.91 Å². The van der Waals surface area contributed by atoms with Gasteiger partial charge in [0, 0.05) is 6.42 Å². The summed E-state index contributed by atoms with van der Waals surface area (Å²) in [6.07, 6.45) is 1.49. The Hall–Kier alpha value is -1.38. The van der Waals surface area contributed by atoms with Gasteiger partial charge in [0.05, 0.1) is 0 Å². The summed E-state index contributed by atoms with van der Waals surface area (Å²) in [5.74, 6) is -0.552. The first-order chi connectivity index (χ1) is 6.20. The number of carbonyl (C=O) groups excluding carboxylic acids is 1. The van der Waals surface area contributed by atoms with Gasteiger partial charge < -0.3 is 5.73 Å². The second-order valence-corrected chi connectivity index (χ2v) is 2.91. The number of halogens is 1. The van der Waals surface area contributed by atoms with Gasteiger partial charge in [-0.2, -0.15) is 0 Å². The van der Waals surface area contributed by atoms with E-state index in [9.17, 15) is 9.18 Å². The molecule has 2 N–H and O–H groups in total. The van der Waals surface area contributed by atoms with E-state index in [0.29, 0.717) is 24.8 Å². The molecule has 0 atom stereocenters. The average Bonchev–Trinajstić information content (AvgIpc) is 2.08. The van der Waals surface area contributed by atoms with Gasteiger partial charge in [-0.05, 0) is 24.5 Å². The zero-order valence-electron chi connectivity index (χ0n) is 7.29. The summed E-state index contributed by atoms with van der Waals surface area (Å²) in [6, 6.07) is 6.56. The highest BCUT2D eigenvalue weighted by atomic mass is 19.1. The maximum atomic E-state index is 13.0. The predicted molar refractivity (Wildman–Crippen MR) is 48.5 cm³/mol. The van der Waals surface area contributed by atoms with Crippen LogP contribution in [0.25, 0.3) is 0 Å². The van der Waals surface area contributed by atoms with E-state index in [4.69, 9.17) is 5.73 Å². The minimum Gasteiger partial charge on any atom is -0.370 e. The topological polar surface area (TPSA) is 43.1 Å². The first-order valence-corrected chi connectivity index (χ1v) is 4.22. The highest BCUT2D eigenvalue weighted by molar-refractivity contribution is 5.73. The van der Waals surface area contributed by atoms with E-state index >= 15 is 0 Å². The van der Waals surface area contributed by atoms with Crippen LogP contribution < -0.4 is 5.73 Å². The van der Waals surface area contributed by atoms with Gasteiger partial charge in [-0.1, -0.05) is 18.2 Å². The van der Waals surface area contributed by atoms with Crippen LogP contribution in [0.3, 0.4) is 0 Å². The highest BCUT2D eigenvalue weighted by Gasteiger charge is 2.01. The molecule has 2 nitrogen and oxygen atoms in total. The van der Waals surface area contributed by atoms with Crippen LogP contribution in [0.1, 0.15) is 18.4 Å². The Morgan fingerprint density at radius 1 is 1.38 bits per heavy atom. The lowest BCUT2D eigenvalue weighted by Crippen LogP contribution is -2.10. The van der Waals surface area contributed by atoms with Crippen molar-refractivity contribution in [2.75, 3.05) is 0 Å². The second-order valence-electron chi connectivity index (χ2n) is 2.91. The van der Waals surface area contributed by atoms with Gasteiger partial charge in [0.25, 0.3) is 0 Å². The van der Waals surface area contributed by atoms with Crippen molar-refractivity contribution < 1.29 is 9.18 Å². The van der Waals surface area contributed by atoms with Crippen molar-refractivity contribution in [3.63, 3.8) is 0 Å². The molecule has 70 valence electrons. The number of amides is 1. The largest absolute Gasteiger partial charge is 0.370 e. The normalized spacial score (nSPS) is 9.92. The molecular weight excluding hydrogens is 169 g/mol. The molecule has 0 aromatic heterocycles. The lowest BCUT2D eigenvalue weighted by molar-refractivity contribution is -0.118. The van der Waals surface area contributed by atoms with Crippen LogP contribution in [0.15, 0.2) is 24.3 Å². The number of rotatable bonds is 4. The molecule has 0 saturated carbocycles. The number of hydrogen-bond acceptors (Lipinski definition) is 1. The van der Waals surface area contributed by atoms with Crippen molar-refractivity contribution in [3.05, 3.63) is 35.6 Å². The minimum absolute atomic E-state index is 0.216. The molecular formula is C10H12FNO. The summed E-state index contributed by atoms with van der Waals surface area (Å²) in [4.78, 5) is 10.4. The van der Waals surface area contributed by atoms with Crippen molar-refractivity contribution in [1.29, 1.82) is 0 Å². The van der Waals surface area contributed by atoms with Crippen molar-refractivity contribution in [2.45, 2.75) is 19.3 Å². The summed E-state index contributed by atoms with van der Waals surface area (Å²) < 4.78 is 13.0. The van der Waals surface area contributed by atoms with E-state index in [2.05, 4.69) is 0 Å². The lowest BCUT2D eigenvalue weighted by Gasteiger charge is -2.00. The fraction of sp³-hybridized carbons (Fsp3) is 0.300. The molecule has 1 aromatic rings. The fourth-order valence-electron chi connectivity index (χ4n) is 1.15. The molecule has 0 aliphatic carbocycles. The van der Waals surface area contributed by atoms with Crippen LogP contribution in [0.5, 0.6) is 0 Å². The van der Waals surface area contributed by atoms with E-state index in [1.54, 1.807) is 18.2 Å². The molecule has 0 aliphatic heterocycles. The van der Waals surface area contributed by atoms with Crippen LogP contribution in [-0.2, 0) is 11.2 Å². The quantitative estimate of drug-likeness (QED) is 0.753. The van der Waals surface area contributed by atoms with Gasteiger partial charge in [0.15, 0.2) is 0 Å². The second kappa shape index (κ2) is 4.60. The summed E-state index contributed by atoms with van der Waals surface area (Å²) in [7, 11) is 0. The Balaban J connectivity index is 2.45. The van der Waals surface area contributed by atoms with E-state index in [-0.39, 0.29) is 11.7 Å². The molecule has 0 unspecified atom stereocenters. The fourth-order valence-corrected chi connectivity index (χ4v) is 1.15. The van der Waals surface area contributed by atoms with Gasteiger partial charge in [-0.15, -0.1) is 0 Å².